The summed E-state index contributed by atoms with van der Waals surface area (Å²) in [6.07, 6.45) is 6.08. The van der Waals surface area contributed by atoms with Crippen molar-refractivity contribution in [2.24, 2.45) is 0 Å². The number of piperidine rings is 2. The van der Waals surface area contributed by atoms with Gasteiger partial charge in [0.1, 0.15) is 5.82 Å². The minimum absolute atomic E-state index is 0.175. The monoisotopic (exact) mass is 395 g/mol. The molecule has 2 aliphatic heterocycles. The highest BCUT2D eigenvalue weighted by atomic mass is 19.1. The second kappa shape index (κ2) is 9.49. The van der Waals surface area contributed by atoms with Gasteiger partial charge in [0.15, 0.2) is 0 Å². The summed E-state index contributed by atoms with van der Waals surface area (Å²) in [5.41, 5.74) is 2.69. The van der Waals surface area contributed by atoms with E-state index in [0.29, 0.717) is 24.4 Å². The molecule has 3 heterocycles. The first kappa shape index (κ1) is 20.0. The van der Waals surface area contributed by atoms with Crippen molar-refractivity contribution in [3.8, 4) is 0 Å². The fourth-order valence-corrected chi connectivity index (χ4v) is 4.48. The van der Waals surface area contributed by atoms with Gasteiger partial charge in [0.2, 0.25) is 5.91 Å². The molecular formula is C24H30FN3O. The molecule has 4 nitrogen and oxygen atoms in total. The van der Waals surface area contributed by atoms with E-state index in [0.717, 1.165) is 63.3 Å². The summed E-state index contributed by atoms with van der Waals surface area (Å²) in [6.45, 7) is 4.27. The van der Waals surface area contributed by atoms with Gasteiger partial charge < -0.3 is 4.90 Å². The lowest BCUT2D eigenvalue weighted by Crippen LogP contribution is -2.44. The van der Waals surface area contributed by atoms with Crippen LogP contribution in [0.2, 0.25) is 0 Å². The number of hydrogen-bond acceptors (Lipinski definition) is 3. The van der Waals surface area contributed by atoms with E-state index in [2.05, 4.69) is 11.0 Å². The van der Waals surface area contributed by atoms with E-state index < -0.39 is 0 Å². The Bertz CT molecular complexity index is 826. The number of nitrogens with zero attached hydrogens (tertiary/aromatic N) is 3. The van der Waals surface area contributed by atoms with Crippen LogP contribution in [0.25, 0.3) is 0 Å². The zero-order chi connectivity index (χ0) is 20.1. The van der Waals surface area contributed by atoms with Crippen molar-refractivity contribution in [1.29, 1.82) is 0 Å². The van der Waals surface area contributed by atoms with E-state index in [9.17, 15) is 9.18 Å². The quantitative estimate of drug-likeness (QED) is 0.768. The maximum absolute atomic E-state index is 13.9. The predicted molar refractivity (Wildman–Crippen MR) is 112 cm³/mol. The summed E-state index contributed by atoms with van der Waals surface area (Å²) in [5.74, 6) is 0.524. The first-order valence-corrected chi connectivity index (χ1v) is 10.9. The lowest BCUT2D eigenvalue weighted by atomic mass is 9.92. The molecule has 0 bridgehead atoms. The number of benzene rings is 1. The number of amides is 1. The van der Waals surface area contributed by atoms with Crippen molar-refractivity contribution < 1.29 is 9.18 Å². The molecule has 5 heteroatoms. The largest absolute Gasteiger partial charge is 0.342 e. The Hall–Kier alpha value is -2.27. The molecule has 1 amide bonds. The summed E-state index contributed by atoms with van der Waals surface area (Å²) in [6, 6.07) is 13.0. The fraction of sp³-hybridized carbons (Fsp3) is 0.500. The number of halogens is 1. The average Bonchev–Trinajstić information content (AvgIpc) is 2.77. The molecule has 1 aromatic carbocycles. The van der Waals surface area contributed by atoms with Crippen molar-refractivity contribution in [3.05, 3.63) is 65.2 Å². The summed E-state index contributed by atoms with van der Waals surface area (Å²) >= 11 is 0. The third-order valence-corrected chi connectivity index (χ3v) is 6.23. The van der Waals surface area contributed by atoms with E-state index in [4.69, 9.17) is 4.98 Å². The van der Waals surface area contributed by atoms with Gasteiger partial charge in [-0.15, -0.1) is 0 Å². The molecule has 0 aliphatic carbocycles. The molecule has 1 aromatic heterocycles. The number of likely N-dealkylation sites (tertiary alicyclic amines) is 2. The Morgan fingerprint density at radius 3 is 2.48 bits per heavy atom. The van der Waals surface area contributed by atoms with Gasteiger partial charge in [-0.2, -0.15) is 0 Å². The minimum Gasteiger partial charge on any atom is -0.342 e. The number of rotatable bonds is 5. The van der Waals surface area contributed by atoms with E-state index in [1.54, 1.807) is 6.07 Å². The molecule has 0 spiro atoms. The van der Waals surface area contributed by atoms with Crippen molar-refractivity contribution in [1.82, 2.24) is 14.8 Å². The standard InChI is InChI=1S/C24H30FN3O/c25-22-9-3-2-7-20(22)17-21-8-6-10-23(26-21)19-11-15-27(16-12-19)18-24(29)28-13-4-1-5-14-28/h2-3,6-10,19H,1,4-5,11-18H2. The van der Waals surface area contributed by atoms with Crippen LogP contribution in [-0.4, -0.2) is 53.4 Å². The molecule has 154 valence electrons. The topological polar surface area (TPSA) is 36.4 Å². The third-order valence-electron chi connectivity index (χ3n) is 6.23. The van der Waals surface area contributed by atoms with Crippen molar-refractivity contribution in [3.63, 3.8) is 0 Å². The second-order valence-electron chi connectivity index (χ2n) is 8.31. The molecule has 2 fully saturated rings. The number of aromatic nitrogens is 1. The van der Waals surface area contributed by atoms with Crippen LogP contribution in [0.15, 0.2) is 42.5 Å². The molecule has 29 heavy (non-hydrogen) atoms. The number of carbonyl (C=O) groups excluding carboxylic acids is 1. The van der Waals surface area contributed by atoms with E-state index >= 15 is 0 Å². The van der Waals surface area contributed by atoms with Gasteiger partial charge in [-0.25, -0.2) is 4.39 Å². The Balaban J connectivity index is 1.31. The van der Waals surface area contributed by atoms with Crippen molar-refractivity contribution in [2.45, 2.75) is 44.4 Å². The first-order chi connectivity index (χ1) is 14.2. The summed E-state index contributed by atoms with van der Waals surface area (Å²) < 4.78 is 13.9. The third kappa shape index (κ3) is 5.21. The number of pyridine rings is 1. The molecule has 0 N–H and O–H groups in total. The lowest BCUT2D eigenvalue weighted by molar-refractivity contribution is -0.133. The van der Waals surface area contributed by atoms with Gasteiger partial charge in [0, 0.05) is 36.8 Å². The maximum atomic E-state index is 13.9. The summed E-state index contributed by atoms with van der Waals surface area (Å²) in [4.78, 5) is 21.7. The van der Waals surface area contributed by atoms with Crippen LogP contribution in [0.4, 0.5) is 4.39 Å². The SMILES string of the molecule is O=C(CN1CCC(c2cccc(Cc3ccccc3F)n2)CC1)N1CCCCC1. The second-order valence-corrected chi connectivity index (χ2v) is 8.31. The highest BCUT2D eigenvalue weighted by Crippen LogP contribution is 2.27. The molecule has 0 atom stereocenters. The fourth-order valence-electron chi connectivity index (χ4n) is 4.48. The average molecular weight is 396 g/mol. The molecular weight excluding hydrogens is 365 g/mol. The van der Waals surface area contributed by atoms with Crippen molar-refractivity contribution in [2.75, 3.05) is 32.7 Å². The van der Waals surface area contributed by atoms with Gasteiger partial charge in [0.25, 0.3) is 0 Å². The Morgan fingerprint density at radius 2 is 1.72 bits per heavy atom. The van der Waals surface area contributed by atoms with E-state index in [1.807, 2.05) is 29.2 Å². The molecule has 2 saturated heterocycles. The van der Waals surface area contributed by atoms with Gasteiger partial charge >= 0.3 is 0 Å². The van der Waals surface area contributed by atoms with Crippen LogP contribution in [0.1, 0.15) is 55.0 Å². The summed E-state index contributed by atoms with van der Waals surface area (Å²) in [5, 5.41) is 0. The molecule has 4 rings (SSSR count). The Labute approximate surface area is 172 Å². The van der Waals surface area contributed by atoms with Crippen LogP contribution in [0.5, 0.6) is 0 Å². The smallest absolute Gasteiger partial charge is 0.236 e. The normalized spacial score (nSPS) is 18.7. The zero-order valence-corrected chi connectivity index (χ0v) is 17.0. The predicted octanol–water partition coefficient (Wildman–Crippen LogP) is 4.00. The molecule has 0 saturated carbocycles. The number of hydrogen-bond donors (Lipinski definition) is 0. The highest BCUT2D eigenvalue weighted by molar-refractivity contribution is 5.78. The lowest BCUT2D eigenvalue weighted by Gasteiger charge is -2.34. The minimum atomic E-state index is -0.175. The number of carbonyl (C=O) groups is 1. The van der Waals surface area contributed by atoms with Crippen molar-refractivity contribution >= 4 is 5.91 Å². The van der Waals surface area contributed by atoms with Gasteiger partial charge in [-0.1, -0.05) is 24.3 Å². The van der Waals surface area contributed by atoms with Crippen LogP contribution >= 0.6 is 0 Å². The van der Waals surface area contributed by atoms with Gasteiger partial charge in [-0.05, 0) is 69.0 Å². The van der Waals surface area contributed by atoms with Crippen LogP contribution in [0.3, 0.4) is 0 Å². The Kier molecular flexibility index (Phi) is 6.55. The molecule has 2 aliphatic rings. The van der Waals surface area contributed by atoms with Gasteiger partial charge in [0.05, 0.1) is 6.54 Å². The maximum Gasteiger partial charge on any atom is 0.236 e. The van der Waals surface area contributed by atoms with Crippen LogP contribution in [-0.2, 0) is 11.2 Å². The van der Waals surface area contributed by atoms with E-state index in [-0.39, 0.29) is 11.7 Å². The highest BCUT2D eigenvalue weighted by Gasteiger charge is 2.25. The van der Waals surface area contributed by atoms with Gasteiger partial charge in [-0.3, -0.25) is 14.7 Å². The summed E-state index contributed by atoms with van der Waals surface area (Å²) in [7, 11) is 0. The van der Waals surface area contributed by atoms with E-state index in [1.165, 1.54) is 12.5 Å². The zero-order valence-electron chi connectivity index (χ0n) is 17.0. The Morgan fingerprint density at radius 1 is 0.966 bits per heavy atom. The van der Waals surface area contributed by atoms with Crippen LogP contribution < -0.4 is 0 Å². The molecule has 0 unspecified atom stereocenters. The van der Waals surface area contributed by atoms with Crippen LogP contribution in [0, 0.1) is 5.82 Å². The molecule has 2 aromatic rings. The molecule has 0 radical (unpaired) electrons. The first-order valence-electron chi connectivity index (χ1n) is 10.9.